The molecule has 0 aliphatic carbocycles. The number of anilines is 1. The van der Waals surface area contributed by atoms with Crippen LogP contribution in [0.15, 0.2) is 111 Å². The maximum absolute atomic E-state index is 13.2. The monoisotopic (exact) mass is 545 g/mol. The quantitative estimate of drug-likeness (QED) is 0.228. The molecular weight excluding hydrogens is 522 g/mol. The molecule has 6 rings (SSSR count). The molecule has 4 aromatic carbocycles. The first-order valence-electron chi connectivity index (χ1n) is 12.6. The van der Waals surface area contributed by atoms with Gasteiger partial charge in [0.25, 0.3) is 11.8 Å². The van der Waals surface area contributed by atoms with Crippen LogP contribution in [0, 0.1) is 0 Å². The number of hydrogen-bond donors (Lipinski definition) is 1. The lowest BCUT2D eigenvalue weighted by atomic mass is 10.0. The van der Waals surface area contributed by atoms with E-state index in [4.69, 9.17) is 18.4 Å². The van der Waals surface area contributed by atoms with E-state index < -0.39 is 5.63 Å². The third-order valence-electron chi connectivity index (χ3n) is 6.57. The number of amides is 1. The van der Waals surface area contributed by atoms with Crippen molar-refractivity contribution in [1.82, 2.24) is 10.1 Å². The molecule has 0 unspecified atom stereocenters. The van der Waals surface area contributed by atoms with Crippen molar-refractivity contribution in [3.05, 3.63) is 113 Å². The van der Waals surface area contributed by atoms with Gasteiger partial charge < -0.3 is 23.7 Å². The molecule has 0 aliphatic rings. The highest BCUT2D eigenvalue weighted by Crippen LogP contribution is 2.33. The van der Waals surface area contributed by atoms with E-state index in [2.05, 4.69) is 15.5 Å². The number of carbonyl (C=O) groups is 1. The molecule has 202 valence electrons. The summed E-state index contributed by atoms with van der Waals surface area (Å²) in [5.74, 6) is 1.38. The Morgan fingerprint density at radius 3 is 2.32 bits per heavy atom. The van der Waals surface area contributed by atoms with Crippen molar-refractivity contribution in [2.75, 3.05) is 19.5 Å². The zero-order chi connectivity index (χ0) is 28.3. The van der Waals surface area contributed by atoms with Gasteiger partial charge in [-0.15, -0.1) is 0 Å². The lowest BCUT2D eigenvalue weighted by molar-refractivity contribution is 0.102. The average Bonchev–Trinajstić information content (AvgIpc) is 3.51. The number of methoxy groups -OCH3 is 2. The van der Waals surface area contributed by atoms with E-state index in [-0.39, 0.29) is 11.8 Å². The van der Waals surface area contributed by atoms with Crippen LogP contribution in [0.5, 0.6) is 11.5 Å². The third kappa shape index (κ3) is 5.04. The fraction of sp³-hybridized carbons (Fsp3) is 0.0625. The molecule has 0 saturated heterocycles. The summed E-state index contributed by atoms with van der Waals surface area (Å²) in [4.78, 5) is 30.2. The molecule has 0 radical (unpaired) electrons. The van der Waals surface area contributed by atoms with E-state index in [1.54, 1.807) is 87.0 Å². The van der Waals surface area contributed by atoms with Gasteiger partial charge in [-0.25, -0.2) is 4.79 Å². The van der Waals surface area contributed by atoms with Crippen molar-refractivity contribution >= 4 is 22.6 Å². The Labute approximate surface area is 234 Å². The number of ether oxygens (including phenoxy) is 2. The van der Waals surface area contributed by atoms with Gasteiger partial charge in [0.05, 0.1) is 31.0 Å². The van der Waals surface area contributed by atoms with Crippen LogP contribution in [0.25, 0.3) is 44.9 Å². The molecule has 0 saturated carbocycles. The number of nitrogens with one attached hydrogen (secondary N) is 1. The van der Waals surface area contributed by atoms with E-state index in [0.717, 1.165) is 5.39 Å². The molecule has 0 fully saturated rings. The van der Waals surface area contributed by atoms with Crippen molar-refractivity contribution in [2.45, 2.75) is 0 Å². The third-order valence-corrected chi connectivity index (χ3v) is 6.57. The SMILES string of the molecule is COc1ccc(-c2noc(-c3ccccc3NC(=O)c3ccc(-c4cc5ccccc5oc4=O)cc3)n2)cc1OC. The average molecular weight is 546 g/mol. The van der Waals surface area contributed by atoms with Gasteiger partial charge in [-0.1, -0.05) is 47.6 Å². The number of para-hydroxylation sites is 2. The second-order valence-corrected chi connectivity index (χ2v) is 9.06. The van der Waals surface area contributed by atoms with Gasteiger partial charge in [-0.3, -0.25) is 4.79 Å². The highest BCUT2D eigenvalue weighted by Gasteiger charge is 2.18. The summed E-state index contributed by atoms with van der Waals surface area (Å²) in [5, 5.41) is 7.84. The van der Waals surface area contributed by atoms with Gasteiger partial charge in [-0.05, 0) is 60.2 Å². The van der Waals surface area contributed by atoms with E-state index in [1.807, 2.05) is 24.3 Å². The van der Waals surface area contributed by atoms with E-state index in [9.17, 15) is 9.59 Å². The zero-order valence-electron chi connectivity index (χ0n) is 22.1. The molecule has 0 atom stereocenters. The summed E-state index contributed by atoms with van der Waals surface area (Å²) in [5.41, 5.74) is 3.29. The minimum Gasteiger partial charge on any atom is -0.493 e. The van der Waals surface area contributed by atoms with Gasteiger partial charge in [0, 0.05) is 16.5 Å². The van der Waals surface area contributed by atoms with E-state index in [1.165, 1.54) is 0 Å². The molecule has 2 heterocycles. The highest BCUT2D eigenvalue weighted by atomic mass is 16.5. The molecule has 0 bridgehead atoms. The van der Waals surface area contributed by atoms with Crippen molar-refractivity contribution in [1.29, 1.82) is 0 Å². The van der Waals surface area contributed by atoms with Gasteiger partial charge in [0.15, 0.2) is 11.5 Å². The van der Waals surface area contributed by atoms with Crippen LogP contribution in [-0.4, -0.2) is 30.3 Å². The van der Waals surface area contributed by atoms with Gasteiger partial charge in [0.1, 0.15) is 5.58 Å². The van der Waals surface area contributed by atoms with E-state index in [0.29, 0.717) is 56.4 Å². The molecule has 0 aliphatic heterocycles. The first-order valence-corrected chi connectivity index (χ1v) is 12.6. The van der Waals surface area contributed by atoms with Gasteiger partial charge in [-0.2, -0.15) is 4.98 Å². The standard InChI is InChI=1S/C32H23N3O6/c1-38-27-16-15-22(18-28(27)39-2)29-34-31(41-35-29)23-8-4-5-9-25(23)33-30(36)20-13-11-19(12-14-20)24-17-21-7-3-6-10-26(21)40-32(24)37/h3-18H,1-2H3,(H,33,36). The Kier molecular flexibility index (Phi) is 6.75. The van der Waals surface area contributed by atoms with Crippen LogP contribution in [0.1, 0.15) is 10.4 Å². The molecule has 2 aromatic heterocycles. The predicted octanol–water partition coefficient (Wildman–Crippen LogP) is 6.45. The number of hydrogen-bond acceptors (Lipinski definition) is 8. The van der Waals surface area contributed by atoms with Crippen LogP contribution in [-0.2, 0) is 0 Å². The summed E-state index contributed by atoms with van der Waals surface area (Å²) in [6.07, 6.45) is 0. The largest absolute Gasteiger partial charge is 0.493 e. The summed E-state index contributed by atoms with van der Waals surface area (Å²) in [7, 11) is 3.11. The molecule has 41 heavy (non-hydrogen) atoms. The number of carbonyl (C=O) groups excluding carboxylic acids is 1. The fourth-order valence-corrected chi connectivity index (χ4v) is 4.46. The lowest BCUT2D eigenvalue weighted by Gasteiger charge is -2.09. The normalized spacial score (nSPS) is 10.9. The number of nitrogens with zero attached hydrogens (tertiary/aromatic N) is 2. The lowest BCUT2D eigenvalue weighted by Crippen LogP contribution is -2.12. The zero-order valence-corrected chi connectivity index (χ0v) is 22.1. The minimum atomic E-state index is -0.443. The fourth-order valence-electron chi connectivity index (χ4n) is 4.46. The van der Waals surface area contributed by atoms with Crippen LogP contribution in [0.4, 0.5) is 5.69 Å². The highest BCUT2D eigenvalue weighted by molar-refractivity contribution is 6.06. The number of benzene rings is 4. The van der Waals surface area contributed by atoms with Gasteiger partial charge >= 0.3 is 5.63 Å². The van der Waals surface area contributed by atoms with Crippen molar-refractivity contribution in [3.8, 4) is 45.5 Å². The Bertz CT molecular complexity index is 1940. The molecule has 1 N–H and O–H groups in total. The van der Waals surface area contributed by atoms with Crippen LogP contribution >= 0.6 is 0 Å². The van der Waals surface area contributed by atoms with Crippen molar-refractivity contribution < 1.29 is 23.2 Å². The maximum atomic E-state index is 13.2. The second-order valence-electron chi connectivity index (χ2n) is 9.06. The topological polar surface area (TPSA) is 117 Å². The Balaban J connectivity index is 1.24. The Morgan fingerprint density at radius 1 is 0.780 bits per heavy atom. The summed E-state index contributed by atoms with van der Waals surface area (Å²) in [6, 6.07) is 28.3. The van der Waals surface area contributed by atoms with Crippen LogP contribution < -0.4 is 20.4 Å². The summed E-state index contributed by atoms with van der Waals surface area (Å²) >= 11 is 0. The summed E-state index contributed by atoms with van der Waals surface area (Å²) < 4.78 is 21.7. The van der Waals surface area contributed by atoms with Gasteiger partial charge in [0.2, 0.25) is 5.82 Å². The molecule has 9 nitrogen and oxygen atoms in total. The van der Waals surface area contributed by atoms with Crippen LogP contribution in [0.3, 0.4) is 0 Å². The van der Waals surface area contributed by atoms with E-state index >= 15 is 0 Å². The molecule has 1 amide bonds. The van der Waals surface area contributed by atoms with Crippen molar-refractivity contribution in [2.24, 2.45) is 0 Å². The minimum absolute atomic E-state index is 0.240. The molecule has 6 aromatic rings. The maximum Gasteiger partial charge on any atom is 0.344 e. The molecule has 0 spiro atoms. The predicted molar refractivity (Wildman–Crippen MR) is 154 cm³/mol. The summed E-state index contributed by atoms with van der Waals surface area (Å²) in [6.45, 7) is 0. The second kappa shape index (κ2) is 10.8. The van der Waals surface area contributed by atoms with Crippen molar-refractivity contribution in [3.63, 3.8) is 0 Å². The number of rotatable bonds is 7. The first kappa shape index (κ1) is 25.6. The molecular formula is C32H23N3O6. The number of fused-ring (bicyclic) bond motifs is 1. The Morgan fingerprint density at radius 2 is 1.51 bits per heavy atom. The van der Waals surface area contributed by atoms with Crippen LogP contribution in [0.2, 0.25) is 0 Å². The first-order chi connectivity index (χ1) is 20.0. The Hall–Kier alpha value is -5.70. The number of aromatic nitrogens is 2. The smallest absolute Gasteiger partial charge is 0.344 e. The molecule has 9 heteroatoms.